The Hall–Kier alpha value is -3.17. The minimum absolute atomic E-state index is 0.0524. The van der Waals surface area contributed by atoms with Gasteiger partial charge in [-0.3, -0.25) is 9.59 Å². The summed E-state index contributed by atoms with van der Waals surface area (Å²) in [6.07, 6.45) is 1.89. The molecule has 0 aliphatic carbocycles. The molecule has 5 rings (SSSR count). The first-order chi connectivity index (χ1) is 16.4. The number of likely N-dealkylation sites (tertiary alicyclic amines) is 1. The number of carbonyl (C=O) groups excluding carboxylic acids is 2. The van der Waals surface area contributed by atoms with Crippen LogP contribution in [0.1, 0.15) is 44.8 Å². The van der Waals surface area contributed by atoms with Crippen LogP contribution in [0.2, 0.25) is 0 Å². The molecular weight excluding hydrogens is 471 g/mol. The number of thiazole rings is 2. The Bertz CT molecular complexity index is 1340. The average Bonchev–Trinajstić information content (AvgIpc) is 3.47. The second kappa shape index (κ2) is 9.60. The lowest BCUT2D eigenvalue weighted by Gasteiger charge is -2.31. The van der Waals surface area contributed by atoms with Crippen molar-refractivity contribution in [2.75, 3.05) is 18.4 Å². The molecule has 174 valence electrons. The van der Waals surface area contributed by atoms with Crippen molar-refractivity contribution in [3.8, 4) is 0 Å². The first-order valence-electron chi connectivity index (χ1n) is 11.1. The third-order valence-electron chi connectivity index (χ3n) is 5.97. The van der Waals surface area contributed by atoms with Crippen LogP contribution in [-0.2, 0) is 11.2 Å². The molecule has 3 heterocycles. The second-order valence-corrected chi connectivity index (χ2v) is 10.5. The lowest BCUT2D eigenvalue weighted by Crippen LogP contribution is -2.38. The fourth-order valence-electron chi connectivity index (χ4n) is 4.16. The quantitative estimate of drug-likeness (QED) is 0.403. The normalized spacial score (nSPS) is 14.5. The van der Waals surface area contributed by atoms with E-state index >= 15 is 0 Å². The number of hydrogen-bond donors (Lipinski definition) is 1. The molecule has 34 heavy (non-hydrogen) atoms. The van der Waals surface area contributed by atoms with E-state index in [9.17, 15) is 14.0 Å². The van der Waals surface area contributed by atoms with Crippen molar-refractivity contribution in [2.24, 2.45) is 0 Å². The number of aromatic nitrogens is 2. The number of halogens is 1. The zero-order valence-electron chi connectivity index (χ0n) is 18.6. The summed E-state index contributed by atoms with van der Waals surface area (Å²) in [5, 5.41) is 6.64. The molecule has 0 unspecified atom stereocenters. The maximum atomic E-state index is 13.1. The van der Waals surface area contributed by atoms with Crippen LogP contribution in [0.15, 0.2) is 47.8 Å². The molecule has 9 heteroatoms. The van der Waals surface area contributed by atoms with Gasteiger partial charge >= 0.3 is 0 Å². The molecule has 0 bridgehead atoms. The molecule has 0 saturated carbocycles. The summed E-state index contributed by atoms with van der Waals surface area (Å²) in [4.78, 5) is 36.3. The molecular formula is C25H23FN4O2S2. The number of piperidine rings is 1. The Kier molecular flexibility index (Phi) is 6.38. The Morgan fingerprint density at radius 2 is 1.88 bits per heavy atom. The summed E-state index contributed by atoms with van der Waals surface area (Å²) in [6.45, 7) is 3.27. The highest BCUT2D eigenvalue weighted by Crippen LogP contribution is 2.31. The van der Waals surface area contributed by atoms with Gasteiger partial charge in [0, 0.05) is 30.1 Å². The summed E-state index contributed by atoms with van der Waals surface area (Å²) in [5.74, 6) is -0.253. The largest absolute Gasteiger partial charge is 0.342 e. The molecule has 2 amide bonds. The molecule has 1 aliphatic heterocycles. The molecule has 6 nitrogen and oxygen atoms in total. The van der Waals surface area contributed by atoms with Gasteiger partial charge in [-0.2, -0.15) is 0 Å². The van der Waals surface area contributed by atoms with Crippen molar-refractivity contribution in [1.29, 1.82) is 0 Å². The highest BCUT2D eigenvalue weighted by atomic mass is 32.1. The highest BCUT2D eigenvalue weighted by Gasteiger charge is 2.26. The van der Waals surface area contributed by atoms with Gasteiger partial charge in [0.1, 0.15) is 11.5 Å². The van der Waals surface area contributed by atoms with Crippen molar-refractivity contribution in [1.82, 2.24) is 14.9 Å². The molecule has 2 aromatic carbocycles. The van der Waals surface area contributed by atoms with Gasteiger partial charge in [0.25, 0.3) is 5.91 Å². The summed E-state index contributed by atoms with van der Waals surface area (Å²) >= 11 is 3.12. The SMILES string of the molecule is Cc1nc2cc(NC(=O)c3csc(C4CCN(C(=O)Cc5ccc(F)cc5)CC4)n3)ccc2s1. The van der Waals surface area contributed by atoms with E-state index in [1.807, 2.05) is 30.0 Å². The number of rotatable bonds is 5. The van der Waals surface area contributed by atoms with Gasteiger partial charge in [-0.1, -0.05) is 12.1 Å². The first-order valence-corrected chi connectivity index (χ1v) is 12.8. The Morgan fingerprint density at radius 3 is 2.65 bits per heavy atom. The summed E-state index contributed by atoms with van der Waals surface area (Å²) in [7, 11) is 0. The smallest absolute Gasteiger partial charge is 0.275 e. The third-order valence-corrected chi connectivity index (χ3v) is 7.93. The standard InChI is InChI=1S/C25H23FN4O2S2/c1-15-27-20-13-19(6-7-22(20)34-15)28-24(32)21-14-33-25(29-21)17-8-10-30(11-9-17)23(31)12-16-2-4-18(26)5-3-16/h2-7,13-14,17H,8-12H2,1H3,(H,28,32). The number of aryl methyl sites for hydroxylation is 1. The Labute approximate surface area is 204 Å². The van der Waals surface area contributed by atoms with Crippen LogP contribution in [0.25, 0.3) is 10.2 Å². The number of amides is 2. The van der Waals surface area contributed by atoms with E-state index in [1.165, 1.54) is 23.5 Å². The van der Waals surface area contributed by atoms with Gasteiger partial charge in [-0.05, 0) is 55.7 Å². The summed E-state index contributed by atoms with van der Waals surface area (Å²) in [6, 6.07) is 11.8. The van der Waals surface area contributed by atoms with E-state index in [0.29, 0.717) is 24.5 Å². The van der Waals surface area contributed by atoms with E-state index < -0.39 is 0 Å². The Morgan fingerprint density at radius 1 is 1.12 bits per heavy atom. The zero-order chi connectivity index (χ0) is 23.7. The topological polar surface area (TPSA) is 75.2 Å². The molecule has 1 saturated heterocycles. The first kappa shape index (κ1) is 22.6. The van der Waals surface area contributed by atoms with Gasteiger partial charge in [-0.25, -0.2) is 14.4 Å². The molecule has 2 aromatic heterocycles. The molecule has 0 spiro atoms. The average molecular weight is 495 g/mol. The maximum Gasteiger partial charge on any atom is 0.275 e. The summed E-state index contributed by atoms with van der Waals surface area (Å²) in [5.41, 5.74) is 2.79. The minimum Gasteiger partial charge on any atom is -0.342 e. The number of nitrogens with zero attached hydrogens (tertiary/aromatic N) is 3. The molecule has 4 aromatic rings. The maximum absolute atomic E-state index is 13.1. The third kappa shape index (κ3) is 5.00. The number of nitrogens with one attached hydrogen (secondary N) is 1. The molecule has 1 fully saturated rings. The lowest BCUT2D eigenvalue weighted by atomic mass is 9.97. The highest BCUT2D eigenvalue weighted by molar-refractivity contribution is 7.18. The fraction of sp³-hybridized carbons (Fsp3) is 0.280. The predicted molar refractivity (Wildman–Crippen MR) is 133 cm³/mol. The van der Waals surface area contributed by atoms with Crippen molar-refractivity contribution in [3.05, 3.63) is 74.9 Å². The number of benzene rings is 2. The van der Waals surface area contributed by atoms with Crippen LogP contribution in [0.5, 0.6) is 0 Å². The number of hydrogen-bond acceptors (Lipinski definition) is 6. The van der Waals surface area contributed by atoms with E-state index in [-0.39, 0.29) is 30.0 Å². The fourth-order valence-corrected chi connectivity index (χ4v) is 5.94. The van der Waals surface area contributed by atoms with E-state index in [4.69, 9.17) is 0 Å². The van der Waals surface area contributed by atoms with Crippen molar-refractivity contribution >= 4 is 50.4 Å². The molecule has 0 radical (unpaired) electrons. The Balaban J connectivity index is 1.16. The number of anilines is 1. The van der Waals surface area contributed by atoms with Gasteiger partial charge < -0.3 is 10.2 Å². The van der Waals surface area contributed by atoms with E-state index in [0.717, 1.165) is 38.6 Å². The predicted octanol–water partition coefficient (Wildman–Crippen LogP) is 5.40. The van der Waals surface area contributed by atoms with E-state index in [1.54, 1.807) is 28.8 Å². The van der Waals surface area contributed by atoms with Crippen LogP contribution in [0.3, 0.4) is 0 Å². The van der Waals surface area contributed by atoms with Crippen LogP contribution in [-0.4, -0.2) is 39.8 Å². The van der Waals surface area contributed by atoms with Crippen LogP contribution < -0.4 is 5.32 Å². The van der Waals surface area contributed by atoms with Crippen molar-refractivity contribution in [3.63, 3.8) is 0 Å². The molecule has 1 aliphatic rings. The zero-order valence-corrected chi connectivity index (χ0v) is 20.2. The monoisotopic (exact) mass is 494 g/mol. The van der Waals surface area contributed by atoms with Gasteiger partial charge in [0.05, 0.1) is 26.7 Å². The van der Waals surface area contributed by atoms with Gasteiger partial charge in [0.2, 0.25) is 5.91 Å². The van der Waals surface area contributed by atoms with Gasteiger partial charge in [0.15, 0.2) is 0 Å². The van der Waals surface area contributed by atoms with Gasteiger partial charge in [-0.15, -0.1) is 22.7 Å². The number of fused-ring (bicyclic) bond motifs is 1. The van der Waals surface area contributed by atoms with E-state index in [2.05, 4.69) is 15.3 Å². The van der Waals surface area contributed by atoms with Crippen LogP contribution in [0, 0.1) is 12.7 Å². The second-order valence-electron chi connectivity index (χ2n) is 8.40. The summed E-state index contributed by atoms with van der Waals surface area (Å²) < 4.78 is 14.2. The van der Waals surface area contributed by atoms with Crippen molar-refractivity contribution < 1.29 is 14.0 Å². The van der Waals surface area contributed by atoms with Crippen molar-refractivity contribution in [2.45, 2.75) is 32.1 Å². The lowest BCUT2D eigenvalue weighted by molar-refractivity contribution is -0.131. The minimum atomic E-state index is -0.302. The molecule has 0 atom stereocenters. The molecule has 1 N–H and O–H groups in total. The van der Waals surface area contributed by atoms with Crippen LogP contribution >= 0.6 is 22.7 Å². The number of carbonyl (C=O) groups is 2. The van der Waals surface area contributed by atoms with Crippen LogP contribution in [0.4, 0.5) is 10.1 Å².